The van der Waals surface area contributed by atoms with Gasteiger partial charge in [-0.05, 0) is 43.7 Å². The summed E-state index contributed by atoms with van der Waals surface area (Å²) in [5.74, 6) is -1.13. The molecular weight excluding hydrogens is 446 g/mol. The molecule has 0 aliphatic carbocycles. The van der Waals surface area contributed by atoms with Crippen LogP contribution in [-0.2, 0) is 17.9 Å². The van der Waals surface area contributed by atoms with E-state index in [1.807, 2.05) is 38.1 Å². The van der Waals surface area contributed by atoms with E-state index in [0.29, 0.717) is 12.6 Å². The van der Waals surface area contributed by atoms with Crippen molar-refractivity contribution in [1.82, 2.24) is 20.0 Å². The van der Waals surface area contributed by atoms with Crippen LogP contribution in [0, 0.1) is 11.6 Å². The minimum atomic E-state index is -0.811. The third-order valence-corrected chi connectivity index (χ3v) is 4.96. The molecule has 0 fully saturated rings. The van der Waals surface area contributed by atoms with Crippen molar-refractivity contribution >= 4 is 17.0 Å². The van der Waals surface area contributed by atoms with Crippen LogP contribution >= 0.6 is 0 Å². The average molecular weight is 468 g/mol. The Morgan fingerprint density at radius 3 is 2.53 bits per heavy atom. The number of carbonyl (C=O) groups excluding carboxylic acids is 1. The number of rotatable bonds is 8. The molecule has 0 spiro atoms. The number of hydrogen-bond donors (Lipinski definition) is 1. The predicted molar refractivity (Wildman–Crippen MR) is 120 cm³/mol. The minimum Gasteiger partial charge on any atom is -0.491 e. The zero-order valence-corrected chi connectivity index (χ0v) is 18.5. The normalized spacial score (nSPS) is 11.2. The van der Waals surface area contributed by atoms with Gasteiger partial charge in [0.25, 0.3) is 11.3 Å². The molecule has 2 heterocycles. The van der Waals surface area contributed by atoms with Crippen LogP contribution in [0.15, 0.2) is 58.1 Å². The van der Waals surface area contributed by atoms with Gasteiger partial charge in [0.2, 0.25) is 5.91 Å². The van der Waals surface area contributed by atoms with Crippen molar-refractivity contribution in [3.63, 3.8) is 0 Å². The molecule has 8 nitrogen and oxygen atoms in total. The van der Waals surface area contributed by atoms with Crippen molar-refractivity contribution in [2.75, 3.05) is 0 Å². The largest absolute Gasteiger partial charge is 0.491 e. The van der Waals surface area contributed by atoms with Crippen LogP contribution in [0.3, 0.4) is 0 Å². The highest BCUT2D eigenvalue weighted by molar-refractivity contribution is 5.88. The lowest BCUT2D eigenvalue weighted by Gasteiger charge is -2.10. The summed E-state index contributed by atoms with van der Waals surface area (Å²) in [5.41, 5.74) is 0.348. The minimum absolute atomic E-state index is 0.0170. The van der Waals surface area contributed by atoms with Crippen LogP contribution in [0.5, 0.6) is 5.75 Å². The van der Waals surface area contributed by atoms with Crippen LogP contribution in [-0.4, -0.2) is 26.7 Å². The quantitative estimate of drug-likeness (QED) is 0.422. The number of hydrogen-bond acceptors (Lipinski definition) is 6. The molecule has 34 heavy (non-hydrogen) atoms. The highest BCUT2D eigenvalue weighted by atomic mass is 19.1. The number of aromatic nitrogens is 3. The summed E-state index contributed by atoms with van der Waals surface area (Å²) in [6, 6.07) is 10.2. The molecule has 0 unspecified atom stereocenters. The van der Waals surface area contributed by atoms with E-state index in [9.17, 15) is 18.4 Å². The molecule has 2 aromatic carbocycles. The maximum Gasteiger partial charge on any atom is 0.266 e. The SMILES string of the molecule is CC(C)Oc1ccc(CNC(=O)CCn2cnc3onc(-c4cc(F)cc(F)c4)c3c2=O)cc1. The summed E-state index contributed by atoms with van der Waals surface area (Å²) < 4.78 is 39.1. The fourth-order valence-electron chi connectivity index (χ4n) is 3.40. The first-order chi connectivity index (χ1) is 16.3. The van der Waals surface area contributed by atoms with Gasteiger partial charge in [0.1, 0.15) is 34.8 Å². The number of carbonyl (C=O) groups is 1. The second-order valence-electron chi connectivity index (χ2n) is 7.95. The van der Waals surface area contributed by atoms with E-state index in [4.69, 9.17) is 9.26 Å². The van der Waals surface area contributed by atoms with Crippen LogP contribution in [0.4, 0.5) is 8.78 Å². The standard InChI is InChI=1S/C24H22F2N4O4/c1-14(2)33-19-5-3-15(4-6-19)12-27-20(31)7-8-30-13-28-23-21(24(30)32)22(29-34-23)16-9-17(25)11-18(26)10-16/h3-6,9-11,13-14H,7-8,12H2,1-2H3,(H,27,31). The van der Waals surface area contributed by atoms with Gasteiger partial charge in [-0.2, -0.15) is 0 Å². The Hall–Kier alpha value is -4.08. The molecule has 0 saturated heterocycles. The molecule has 0 aliphatic heterocycles. The fourth-order valence-corrected chi connectivity index (χ4v) is 3.40. The fraction of sp³-hybridized carbons (Fsp3) is 0.250. The number of aryl methyl sites for hydroxylation is 1. The first-order valence-corrected chi connectivity index (χ1v) is 10.6. The number of amides is 1. The zero-order chi connectivity index (χ0) is 24.2. The lowest BCUT2D eigenvalue weighted by Crippen LogP contribution is -2.27. The number of halogens is 2. The van der Waals surface area contributed by atoms with E-state index < -0.39 is 17.2 Å². The van der Waals surface area contributed by atoms with Crippen LogP contribution in [0.25, 0.3) is 22.4 Å². The lowest BCUT2D eigenvalue weighted by atomic mass is 10.1. The van der Waals surface area contributed by atoms with Gasteiger partial charge in [0.15, 0.2) is 0 Å². The summed E-state index contributed by atoms with van der Waals surface area (Å²) in [6.07, 6.45) is 1.34. The average Bonchev–Trinajstić information content (AvgIpc) is 3.22. The third kappa shape index (κ3) is 5.28. The topological polar surface area (TPSA) is 99.2 Å². The molecule has 4 rings (SSSR count). The van der Waals surface area contributed by atoms with Crippen molar-refractivity contribution in [3.8, 4) is 17.0 Å². The maximum absolute atomic E-state index is 13.6. The van der Waals surface area contributed by atoms with Crippen molar-refractivity contribution in [1.29, 1.82) is 0 Å². The Kier molecular flexibility index (Phi) is 6.67. The van der Waals surface area contributed by atoms with Gasteiger partial charge in [0, 0.05) is 31.1 Å². The van der Waals surface area contributed by atoms with E-state index in [0.717, 1.165) is 23.4 Å². The van der Waals surface area contributed by atoms with E-state index in [2.05, 4.69) is 15.5 Å². The van der Waals surface area contributed by atoms with Crippen LogP contribution in [0.1, 0.15) is 25.8 Å². The molecule has 0 aliphatic rings. The Morgan fingerprint density at radius 2 is 1.85 bits per heavy atom. The first kappa shape index (κ1) is 23.1. The number of benzene rings is 2. The van der Waals surface area contributed by atoms with E-state index in [-0.39, 0.29) is 47.3 Å². The number of nitrogens with one attached hydrogen (secondary N) is 1. The van der Waals surface area contributed by atoms with Gasteiger partial charge in [-0.1, -0.05) is 17.3 Å². The van der Waals surface area contributed by atoms with Crippen molar-refractivity contribution < 1.29 is 22.8 Å². The Balaban J connectivity index is 1.43. The molecule has 10 heteroatoms. The molecule has 1 amide bonds. The van der Waals surface area contributed by atoms with Crippen LogP contribution in [0.2, 0.25) is 0 Å². The highest BCUT2D eigenvalue weighted by Crippen LogP contribution is 2.25. The van der Waals surface area contributed by atoms with E-state index in [1.54, 1.807) is 0 Å². The molecule has 0 radical (unpaired) electrons. The van der Waals surface area contributed by atoms with Gasteiger partial charge in [-0.15, -0.1) is 0 Å². The van der Waals surface area contributed by atoms with Gasteiger partial charge < -0.3 is 14.6 Å². The van der Waals surface area contributed by atoms with Gasteiger partial charge in [0.05, 0.1) is 6.10 Å². The number of fused-ring (bicyclic) bond motifs is 1. The van der Waals surface area contributed by atoms with Gasteiger partial charge in [-0.25, -0.2) is 13.8 Å². The molecule has 4 aromatic rings. The van der Waals surface area contributed by atoms with Crippen molar-refractivity contribution in [2.45, 2.75) is 39.5 Å². The van der Waals surface area contributed by atoms with Gasteiger partial charge in [-0.3, -0.25) is 14.2 Å². The molecule has 176 valence electrons. The molecular formula is C24H22F2N4O4. The number of ether oxygens (including phenoxy) is 1. The Morgan fingerprint density at radius 1 is 1.15 bits per heavy atom. The second kappa shape index (κ2) is 9.82. The first-order valence-electron chi connectivity index (χ1n) is 10.6. The molecule has 0 atom stereocenters. The second-order valence-corrected chi connectivity index (χ2v) is 7.95. The van der Waals surface area contributed by atoms with Crippen LogP contribution < -0.4 is 15.6 Å². The molecule has 0 bridgehead atoms. The molecule has 1 N–H and O–H groups in total. The summed E-state index contributed by atoms with van der Waals surface area (Å²) in [5, 5.41) is 6.54. The highest BCUT2D eigenvalue weighted by Gasteiger charge is 2.18. The Labute approximate surface area is 193 Å². The summed E-state index contributed by atoms with van der Waals surface area (Å²) in [6.45, 7) is 4.26. The van der Waals surface area contributed by atoms with E-state index >= 15 is 0 Å². The summed E-state index contributed by atoms with van der Waals surface area (Å²) in [7, 11) is 0. The smallest absolute Gasteiger partial charge is 0.266 e. The molecule has 0 saturated carbocycles. The maximum atomic E-state index is 13.6. The predicted octanol–water partition coefficient (Wildman–Crippen LogP) is 3.82. The zero-order valence-electron chi connectivity index (χ0n) is 18.5. The van der Waals surface area contributed by atoms with Gasteiger partial charge >= 0.3 is 0 Å². The van der Waals surface area contributed by atoms with Crippen molar-refractivity contribution in [2.24, 2.45) is 0 Å². The van der Waals surface area contributed by atoms with Crippen molar-refractivity contribution in [3.05, 3.63) is 76.3 Å². The third-order valence-electron chi connectivity index (χ3n) is 4.96. The lowest BCUT2D eigenvalue weighted by molar-refractivity contribution is -0.121. The summed E-state index contributed by atoms with van der Waals surface area (Å²) in [4.78, 5) is 29.3. The monoisotopic (exact) mass is 468 g/mol. The molecule has 2 aromatic heterocycles. The van der Waals surface area contributed by atoms with E-state index in [1.165, 1.54) is 10.9 Å². The number of nitrogens with zero attached hydrogens (tertiary/aromatic N) is 3. The Bertz CT molecular complexity index is 1360. The summed E-state index contributed by atoms with van der Waals surface area (Å²) >= 11 is 0.